The Morgan fingerprint density at radius 1 is 1.21 bits per heavy atom. The summed E-state index contributed by atoms with van der Waals surface area (Å²) in [5, 5.41) is 6.35. The quantitative estimate of drug-likeness (QED) is 0.680. The third-order valence-electron chi connectivity index (χ3n) is 4.15. The predicted octanol–water partition coefficient (Wildman–Crippen LogP) is 2.54. The van der Waals surface area contributed by atoms with E-state index in [1.165, 1.54) is 39.2 Å². The van der Waals surface area contributed by atoms with Crippen molar-refractivity contribution in [2.24, 2.45) is 0 Å². The smallest absolute Gasteiger partial charge is 0.344 e. The first-order valence-corrected chi connectivity index (χ1v) is 10.4. The van der Waals surface area contributed by atoms with E-state index < -0.39 is 28.0 Å². The van der Waals surface area contributed by atoms with Crippen LogP contribution in [0.25, 0.3) is 0 Å². The van der Waals surface area contributed by atoms with Crippen molar-refractivity contribution in [2.75, 3.05) is 19.4 Å². The van der Waals surface area contributed by atoms with Crippen molar-refractivity contribution in [1.82, 2.24) is 9.46 Å². The highest BCUT2D eigenvalue weighted by Gasteiger charge is 2.27. The number of amides is 1. The van der Waals surface area contributed by atoms with Gasteiger partial charge in [0.25, 0.3) is 5.91 Å². The molecule has 1 atom stereocenters. The monoisotopic (exact) mass is 423 g/mol. The maximum Gasteiger partial charge on any atom is 0.344 e. The number of esters is 1. The van der Waals surface area contributed by atoms with Crippen LogP contribution in [-0.2, 0) is 19.6 Å². The molecule has 1 aromatic heterocycles. The van der Waals surface area contributed by atoms with Crippen molar-refractivity contribution in [3.63, 3.8) is 0 Å². The minimum atomic E-state index is -3.64. The summed E-state index contributed by atoms with van der Waals surface area (Å²) in [6, 6.07) is 5.82. The minimum Gasteiger partial charge on any atom is -0.449 e. The Morgan fingerprint density at radius 2 is 1.86 bits per heavy atom. The molecule has 0 aliphatic heterocycles. The van der Waals surface area contributed by atoms with Gasteiger partial charge in [-0.1, -0.05) is 25.1 Å². The van der Waals surface area contributed by atoms with Gasteiger partial charge in [0, 0.05) is 25.7 Å². The lowest BCUT2D eigenvalue weighted by molar-refractivity contribution is -0.123. The summed E-state index contributed by atoms with van der Waals surface area (Å²) in [6.07, 6.45) is -1.12. The van der Waals surface area contributed by atoms with Crippen LogP contribution in [0.4, 0.5) is 5.69 Å². The summed E-state index contributed by atoms with van der Waals surface area (Å²) in [4.78, 5) is 25.0. The molecule has 2 aromatic rings. The van der Waals surface area contributed by atoms with Crippen molar-refractivity contribution in [3.8, 4) is 0 Å². The van der Waals surface area contributed by atoms with Crippen molar-refractivity contribution in [1.29, 1.82) is 0 Å². The summed E-state index contributed by atoms with van der Waals surface area (Å²) < 4.78 is 36.0. The van der Waals surface area contributed by atoms with E-state index in [1.807, 2.05) is 13.8 Å². The van der Waals surface area contributed by atoms with Gasteiger partial charge in [-0.3, -0.25) is 4.79 Å². The van der Waals surface area contributed by atoms with Crippen LogP contribution in [0.2, 0.25) is 0 Å². The zero-order chi connectivity index (χ0) is 21.9. The lowest BCUT2D eigenvalue weighted by atomic mass is 10.1. The molecule has 0 fully saturated rings. The molecule has 158 valence electrons. The second-order valence-corrected chi connectivity index (χ2v) is 9.17. The molecule has 0 saturated heterocycles. The first kappa shape index (κ1) is 22.6. The summed E-state index contributed by atoms with van der Waals surface area (Å²) in [5.74, 6) is -0.997. The van der Waals surface area contributed by atoms with Crippen LogP contribution in [0.15, 0.2) is 33.7 Å². The number of hydrogen-bond acceptors (Lipinski definition) is 7. The number of nitrogens with zero attached hydrogens (tertiary/aromatic N) is 2. The number of hydrogen-bond donors (Lipinski definition) is 1. The van der Waals surface area contributed by atoms with Crippen LogP contribution >= 0.6 is 0 Å². The van der Waals surface area contributed by atoms with E-state index in [4.69, 9.17) is 9.26 Å². The Balaban J connectivity index is 2.13. The standard InChI is InChI=1S/C19H25N3O6S/c1-11(2)17-16(12(3)21-28-17)19(24)27-13(4)18(23)20-14-8-7-9-15(10-14)29(25,26)22(5)6/h7-11,13H,1-6H3,(H,20,23)/t13-/m1/s1. The van der Waals surface area contributed by atoms with E-state index in [0.717, 1.165) is 4.31 Å². The summed E-state index contributed by atoms with van der Waals surface area (Å²) in [6.45, 7) is 6.74. The molecule has 1 amide bonds. The molecular formula is C19H25N3O6S. The number of carbonyl (C=O) groups excluding carboxylic acids is 2. The van der Waals surface area contributed by atoms with Crippen molar-refractivity contribution in [3.05, 3.63) is 41.3 Å². The van der Waals surface area contributed by atoms with E-state index >= 15 is 0 Å². The lowest BCUT2D eigenvalue weighted by Crippen LogP contribution is -2.30. The fourth-order valence-electron chi connectivity index (χ4n) is 2.49. The molecule has 2 rings (SSSR count). The van der Waals surface area contributed by atoms with E-state index in [2.05, 4.69) is 10.5 Å². The van der Waals surface area contributed by atoms with Gasteiger partial charge in [-0.2, -0.15) is 0 Å². The normalized spacial score (nSPS) is 12.8. The molecule has 29 heavy (non-hydrogen) atoms. The topological polar surface area (TPSA) is 119 Å². The molecule has 1 N–H and O–H groups in total. The average Bonchev–Trinajstić information content (AvgIpc) is 3.03. The van der Waals surface area contributed by atoms with Crippen LogP contribution in [-0.4, -0.2) is 50.0 Å². The summed E-state index contributed by atoms with van der Waals surface area (Å²) in [7, 11) is -0.809. The second kappa shape index (κ2) is 8.75. The number of sulfonamides is 1. The van der Waals surface area contributed by atoms with Gasteiger partial charge in [-0.05, 0) is 32.0 Å². The van der Waals surface area contributed by atoms with Gasteiger partial charge in [0.2, 0.25) is 10.0 Å². The Labute approximate surface area is 170 Å². The van der Waals surface area contributed by atoms with Gasteiger partial charge in [-0.25, -0.2) is 17.5 Å². The molecule has 1 heterocycles. The Kier molecular flexibility index (Phi) is 6.81. The summed E-state index contributed by atoms with van der Waals surface area (Å²) in [5.41, 5.74) is 0.858. The van der Waals surface area contributed by atoms with E-state index in [-0.39, 0.29) is 22.1 Å². The predicted molar refractivity (Wildman–Crippen MR) is 106 cm³/mol. The zero-order valence-electron chi connectivity index (χ0n) is 17.2. The van der Waals surface area contributed by atoms with E-state index in [1.54, 1.807) is 13.0 Å². The molecule has 0 aliphatic carbocycles. The molecule has 0 saturated carbocycles. The molecule has 0 unspecified atom stereocenters. The molecule has 0 spiro atoms. The van der Waals surface area contributed by atoms with Crippen LogP contribution in [0.1, 0.15) is 48.5 Å². The van der Waals surface area contributed by atoms with Crippen molar-refractivity contribution < 1.29 is 27.3 Å². The Bertz CT molecular complexity index is 1010. The highest BCUT2D eigenvalue weighted by molar-refractivity contribution is 7.89. The highest BCUT2D eigenvalue weighted by atomic mass is 32.2. The third-order valence-corrected chi connectivity index (χ3v) is 5.96. The van der Waals surface area contributed by atoms with Gasteiger partial charge >= 0.3 is 5.97 Å². The zero-order valence-corrected chi connectivity index (χ0v) is 18.0. The van der Waals surface area contributed by atoms with Crippen LogP contribution in [0.5, 0.6) is 0 Å². The fourth-order valence-corrected chi connectivity index (χ4v) is 3.44. The van der Waals surface area contributed by atoms with Crippen LogP contribution < -0.4 is 5.32 Å². The summed E-state index contributed by atoms with van der Waals surface area (Å²) >= 11 is 0. The second-order valence-electron chi connectivity index (χ2n) is 7.01. The molecule has 9 nitrogen and oxygen atoms in total. The van der Waals surface area contributed by atoms with Gasteiger partial charge in [0.05, 0.1) is 10.6 Å². The average molecular weight is 423 g/mol. The highest BCUT2D eigenvalue weighted by Crippen LogP contribution is 2.24. The van der Waals surface area contributed by atoms with Crippen molar-refractivity contribution >= 4 is 27.6 Å². The minimum absolute atomic E-state index is 0.0339. The van der Waals surface area contributed by atoms with Crippen molar-refractivity contribution in [2.45, 2.75) is 44.6 Å². The molecule has 0 aliphatic rings. The SMILES string of the molecule is Cc1noc(C(C)C)c1C(=O)O[C@H](C)C(=O)Nc1cccc(S(=O)(=O)N(C)C)c1. The number of nitrogens with one attached hydrogen (secondary N) is 1. The number of aromatic nitrogens is 1. The third kappa shape index (κ3) is 5.01. The van der Waals surface area contributed by atoms with E-state index in [9.17, 15) is 18.0 Å². The van der Waals surface area contributed by atoms with Gasteiger partial charge < -0.3 is 14.6 Å². The number of anilines is 1. The first-order valence-electron chi connectivity index (χ1n) is 8.95. The molecule has 0 radical (unpaired) electrons. The van der Waals surface area contributed by atoms with Gasteiger partial charge in [0.1, 0.15) is 5.56 Å². The maximum atomic E-state index is 12.5. The van der Waals surface area contributed by atoms with Crippen LogP contribution in [0, 0.1) is 6.92 Å². The molecule has 0 bridgehead atoms. The van der Waals surface area contributed by atoms with E-state index in [0.29, 0.717) is 11.5 Å². The fraction of sp³-hybridized carbons (Fsp3) is 0.421. The number of aryl methyl sites for hydroxylation is 1. The maximum absolute atomic E-state index is 12.5. The number of ether oxygens (including phenoxy) is 1. The lowest BCUT2D eigenvalue weighted by Gasteiger charge is -2.15. The Morgan fingerprint density at radius 3 is 2.45 bits per heavy atom. The first-order chi connectivity index (χ1) is 13.4. The Hall–Kier alpha value is -2.72. The number of carbonyl (C=O) groups is 2. The largest absolute Gasteiger partial charge is 0.449 e. The number of benzene rings is 1. The van der Waals surface area contributed by atoms with Crippen LogP contribution in [0.3, 0.4) is 0 Å². The molecule has 1 aromatic carbocycles. The van der Waals surface area contributed by atoms with Gasteiger partial charge in [0.15, 0.2) is 11.9 Å². The molecule has 10 heteroatoms. The van der Waals surface area contributed by atoms with Gasteiger partial charge in [-0.15, -0.1) is 0 Å². The number of rotatable bonds is 7. The molecular weight excluding hydrogens is 398 g/mol.